The van der Waals surface area contributed by atoms with E-state index in [0.29, 0.717) is 41.5 Å². The van der Waals surface area contributed by atoms with E-state index in [2.05, 4.69) is 11.4 Å². The minimum atomic E-state index is -0.681. The van der Waals surface area contributed by atoms with Gasteiger partial charge in [0, 0.05) is 30.6 Å². The highest BCUT2D eigenvalue weighted by molar-refractivity contribution is 5.73. The minimum Gasteiger partial charge on any atom is -0.497 e. The van der Waals surface area contributed by atoms with Gasteiger partial charge in [0.25, 0.3) is 0 Å². The molecule has 234 valence electrons. The standard InChI is InChI=1S/C37H30F2N6O2/c1-5-26-8-6-10-31(38)30(26)20-34-42-37-36(41-33(23-45(37)43-34)29-9-7-11-32(40-2)35(29)39)44(21-24-12-16-27(46-3)17-13-24)22-25-14-18-28(47-4)19-15-25/h5-19,23H,1,20-22H2,3-4H3. The second-order valence-electron chi connectivity index (χ2n) is 10.7. The van der Waals surface area contributed by atoms with Crippen molar-refractivity contribution in [3.63, 3.8) is 0 Å². The summed E-state index contributed by atoms with van der Waals surface area (Å²) in [6.07, 6.45) is 3.27. The monoisotopic (exact) mass is 628 g/mol. The van der Waals surface area contributed by atoms with E-state index in [9.17, 15) is 4.39 Å². The van der Waals surface area contributed by atoms with Crippen LogP contribution in [-0.4, -0.2) is 33.8 Å². The third-order valence-corrected chi connectivity index (χ3v) is 7.80. The van der Waals surface area contributed by atoms with E-state index in [1.807, 2.05) is 53.4 Å². The number of nitrogens with zero attached hydrogens (tertiary/aromatic N) is 6. The highest BCUT2D eigenvalue weighted by Gasteiger charge is 2.22. The van der Waals surface area contributed by atoms with E-state index in [-0.39, 0.29) is 29.2 Å². The summed E-state index contributed by atoms with van der Waals surface area (Å²) in [4.78, 5) is 15.2. The van der Waals surface area contributed by atoms with Crippen LogP contribution in [0, 0.1) is 18.2 Å². The molecule has 0 N–H and O–H groups in total. The number of hydrogen-bond donors (Lipinski definition) is 0. The number of ether oxygens (including phenoxy) is 2. The van der Waals surface area contributed by atoms with Crippen LogP contribution in [0.4, 0.5) is 20.3 Å². The van der Waals surface area contributed by atoms with Gasteiger partial charge < -0.3 is 14.4 Å². The predicted octanol–water partition coefficient (Wildman–Crippen LogP) is 8.08. The Balaban J connectivity index is 1.53. The molecule has 0 radical (unpaired) electrons. The first-order valence-corrected chi connectivity index (χ1v) is 14.7. The largest absolute Gasteiger partial charge is 0.497 e. The highest BCUT2D eigenvalue weighted by atomic mass is 19.1. The number of aromatic nitrogens is 4. The Morgan fingerprint density at radius 2 is 1.51 bits per heavy atom. The molecule has 10 heteroatoms. The molecule has 0 saturated carbocycles. The number of rotatable bonds is 11. The fraction of sp³-hybridized carbons (Fsp3) is 0.135. The summed E-state index contributed by atoms with van der Waals surface area (Å²) in [6.45, 7) is 12.1. The quantitative estimate of drug-likeness (QED) is 0.135. The molecule has 0 bridgehead atoms. The molecule has 47 heavy (non-hydrogen) atoms. The summed E-state index contributed by atoms with van der Waals surface area (Å²) in [5, 5.41) is 4.71. The van der Waals surface area contributed by atoms with Gasteiger partial charge in [-0.15, -0.1) is 0 Å². The van der Waals surface area contributed by atoms with Crippen molar-refractivity contribution in [3.8, 4) is 22.8 Å². The summed E-state index contributed by atoms with van der Waals surface area (Å²) in [5.74, 6) is 1.16. The normalized spacial score (nSPS) is 10.9. The summed E-state index contributed by atoms with van der Waals surface area (Å²) < 4.78 is 42.8. The third-order valence-electron chi connectivity index (χ3n) is 7.80. The second kappa shape index (κ2) is 13.5. The van der Waals surface area contributed by atoms with Crippen molar-refractivity contribution in [3.05, 3.63) is 149 Å². The highest BCUT2D eigenvalue weighted by Crippen LogP contribution is 2.32. The predicted molar refractivity (Wildman–Crippen MR) is 178 cm³/mol. The van der Waals surface area contributed by atoms with E-state index in [1.54, 1.807) is 55.3 Å². The zero-order chi connectivity index (χ0) is 32.9. The lowest BCUT2D eigenvalue weighted by Crippen LogP contribution is -2.24. The van der Waals surface area contributed by atoms with Gasteiger partial charge in [0.1, 0.15) is 23.1 Å². The minimum absolute atomic E-state index is 0.100. The van der Waals surface area contributed by atoms with Crippen LogP contribution in [0.1, 0.15) is 28.1 Å². The average molecular weight is 629 g/mol. The molecule has 0 spiro atoms. The number of anilines is 1. The molecule has 0 aliphatic heterocycles. The van der Waals surface area contributed by atoms with Gasteiger partial charge in [0.15, 0.2) is 17.3 Å². The molecule has 0 aliphatic carbocycles. The van der Waals surface area contributed by atoms with Gasteiger partial charge in [0.2, 0.25) is 5.69 Å². The molecule has 2 heterocycles. The fourth-order valence-corrected chi connectivity index (χ4v) is 5.36. The molecule has 0 fully saturated rings. The maximum atomic E-state index is 15.6. The smallest absolute Gasteiger partial charge is 0.222 e. The van der Waals surface area contributed by atoms with Crippen LogP contribution in [0.15, 0.2) is 97.7 Å². The van der Waals surface area contributed by atoms with E-state index in [1.165, 1.54) is 12.1 Å². The van der Waals surface area contributed by atoms with Crippen molar-refractivity contribution in [1.82, 2.24) is 19.6 Å². The Bertz CT molecular complexity index is 2050. The molecular weight excluding hydrogens is 598 g/mol. The van der Waals surface area contributed by atoms with Crippen molar-refractivity contribution < 1.29 is 18.3 Å². The van der Waals surface area contributed by atoms with E-state index in [0.717, 1.165) is 22.6 Å². The number of fused-ring (bicyclic) bond motifs is 1. The summed E-state index contributed by atoms with van der Waals surface area (Å²) in [6, 6.07) is 24.8. The lowest BCUT2D eigenvalue weighted by molar-refractivity contribution is 0.414. The molecular formula is C37H30F2N6O2. The van der Waals surface area contributed by atoms with Crippen LogP contribution in [-0.2, 0) is 19.5 Å². The van der Waals surface area contributed by atoms with Gasteiger partial charge in [0.05, 0.1) is 32.7 Å². The van der Waals surface area contributed by atoms with Gasteiger partial charge in [-0.3, -0.25) is 0 Å². The van der Waals surface area contributed by atoms with E-state index in [4.69, 9.17) is 31.1 Å². The molecule has 0 unspecified atom stereocenters. The van der Waals surface area contributed by atoms with Crippen molar-refractivity contribution in [1.29, 1.82) is 0 Å². The second-order valence-corrected chi connectivity index (χ2v) is 10.7. The number of hydrogen-bond acceptors (Lipinski definition) is 6. The van der Waals surface area contributed by atoms with E-state index < -0.39 is 5.82 Å². The fourth-order valence-electron chi connectivity index (χ4n) is 5.36. The SMILES string of the molecule is [C-]#[N+]c1cccc(-c2cn3nc(Cc4c(F)cccc4C=C)nc3c(N(Cc3ccc(OC)cc3)Cc3ccc(OC)cc3)n2)c1F. The number of halogens is 2. The number of methoxy groups -OCH3 is 2. The van der Waals surface area contributed by atoms with Gasteiger partial charge >= 0.3 is 0 Å². The maximum absolute atomic E-state index is 15.6. The Hall–Kier alpha value is -6.08. The Morgan fingerprint density at radius 3 is 2.11 bits per heavy atom. The molecule has 4 aromatic carbocycles. The zero-order valence-electron chi connectivity index (χ0n) is 25.8. The maximum Gasteiger partial charge on any atom is 0.222 e. The van der Waals surface area contributed by atoms with Crippen LogP contribution < -0.4 is 14.4 Å². The topological polar surface area (TPSA) is 69.1 Å². The first-order chi connectivity index (χ1) is 22.9. The van der Waals surface area contributed by atoms with Gasteiger partial charge in [-0.05, 0) is 47.0 Å². The van der Waals surface area contributed by atoms with Crippen LogP contribution in [0.3, 0.4) is 0 Å². The third kappa shape index (κ3) is 6.51. The Morgan fingerprint density at radius 1 is 0.872 bits per heavy atom. The molecule has 0 saturated heterocycles. The molecule has 6 aromatic rings. The summed E-state index contributed by atoms with van der Waals surface area (Å²) in [5.41, 5.74) is 3.69. The molecule has 2 aromatic heterocycles. The van der Waals surface area contributed by atoms with Crippen LogP contribution >= 0.6 is 0 Å². The molecule has 0 amide bonds. The molecule has 8 nitrogen and oxygen atoms in total. The first kappa shape index (κ1) is 30.9. The van der Waals surface area contributed by atoms with Crippen LogP contribution in [0.5, 0.6) is 11.5 Å². The lowest BCUT2D eigenvalue weighted by Gasteiger charge is -2.25. The van der Waals surface area contributed by atoms with Gasteiger partial charge in [-0.1, -0.05) is 67.3 Å². The van der Waals surface area contributed by atoms with Crippen molar-refractivity contribution in [2.45, 2.75) is 19.5 Å². The first-order valence-electron chi connectivity index (χ1n) is 14.7. The molecule has 6 rings (SSSR count). The average Bonchev–Trinajstić information content (AvgIpc) is 3.51. The van der Waals surface area contributed by atoms with Gasteiger partial charge in [-0.25, -0.2) is 28.1 Å². The number of benzene rings is 4. The van der Waals surface area contributed by atoms with Crippen LogP contribution in [0.2, 0.25) is 0 Å². The Labute approximate surface area is 271 Å². The summed E-state index contributed by atoms with van der Waals surface area (Å²) in [7, 11) is 3.23. The van der Waals surface area contributed by atoms with Crippen molar-refractivity contribution in [2.24, 2.45) is 0 Å². The lowest BCUT2D eigenvalue weighted by atomic mass is 10.0. The van der Waals surface area contributed by atoms with Crippen LogP contribution in [0.25, 0.3) is 27.8 Å². The van der Waals surface area contributed by atoms with Gasteiger partial charge in [-0.2, -0.15) is 5.10 Å². The zero-order valence-corrected chi connectivity index (χ0v) is 25.8. The molecule has 0 aliphatic rings. The Kier molecular flexibility index (Phi) is 8.88. The molecule has 0 atom stereocenters. The van der Waals surface area contributed by atoms with E-state index >= 15 is 4.39 Å². The van der Waals surface area contributed by atoms with Crippen molar-refractivity contribution in [2.75, 3.05) is 19.1 Å². The summed E-state index contributed by atoms with van der Waals surface area (Å²) >= 11 is 0. The van der Waals surface area contributed by atoms with Crippen molar-refractivity contribution >= 4 is 23.2 Å².